The van der Waals surface area contributed by atoms with Crippen LogP contribution >= 0.6 is 45.8 Å². The summed E-state index contributed by atoms with van der Waals surface area (Å²) >= 11 is 13.9. The van der Waals surface area contributed by atoms with Crippen molar-refractivity contribution in [1.82, 2.24) is 5.48 Å². The summed E-state index contributed by atoms with van der Waals surface area (Å²) in [6.45, 7) is 3.27. The van der Waals surface area contributed by atoms with Gasteiger partial charge in [-0.05, 0) is 46.9 Å². The monoisotopic (exact) mass is 544 g/mol. The van der Waals surface area contributed by atoms with Crippen LogP contribution < -0.4 is 10.8 Å². The molecule has 0 spiro atoms. The molecule has 0 aliphatic rings. The molecule has 0 aliphatic heterocycles. The van der Waals surface area contributed by atoms with Gasteiger partial charge in [-0.25, -0.2) is 14.3 Å². The molecule has 10 heteroatoms. The lowest BCUT2D eigenvalue weighted by Crippen LogP contribution is -2.32. The van der Waals surface area contributed by atoms with Crippen LogP contribution in [0.25, 0.3) is 0 Å². The maximum absolute atomic E-state index is 14.5. The van der Waals surface area contributed by atoms with E-state index in [9.17, 15) is 18.7 Å². The Balaban J connectivity index is 2.34. The molecule has 0 saturated heterocycles. The molecule has 2 aromatic carbocycles. The third-order valence-corrected chi connectivity index (χ3v) is 4.91. The molecule has 1 amide bonds. The average molecular weight is 545 g/mol. The van der Waals surface area contributed by atoms with Crippen LogP contribution in [0.3, 0.4) is 0 Å². The Morgan fingerprint density at radius 2 is 1.89 bits per heavy atom. The van der Waals surface area contributed by atoms with Gasteiger partial charge in [-0.15, -0.1) is 0 Å². The van der Waals surface area contributed by atoms with Crippen LogP contribution in [0.2, 0.25) is 10.0 Å². The SMILES string of the molecule is CC(C)(CO)CONC(=O)c1cc(Cl)c(F)c(F)c1Nc1ccc(I)cc1Cl. The number of rotatable bonds is 7. The fourth-order valence-electron chi connectivity index (χ4n) is 2.02. The van der Waals surface area contributed by atoms with E-state index in [-0.39, 0.29) is 29.5 Å². The van der Waals surface area contributed by atoms with Crippen molar-refractivity contribution in [2.75, 3.05) is 18.5 Å². The van der Waals surface area contributed by atoms with E-state index in [1.54, 1.807) is 32.0 Å². The van der Waals surface area contributed by atoms with Gasteiger partial charge in [0.2, 0.25) is 0 Å². The topological polar surface area (TPSA) is 70.6 Å². The molecule has 152 valence electrons. The maximum Gasteiger partial charge on any atom is 0.277 e. The number of amides is 1. The third kappa shape index (κ3) is 5.66. The highest BCUT2D eigenvalue weighted by Crippen LogP contribution is 2.34. The molecule has 28 heavy (non-hydrogen) atoms. The van der Waals surface area contributed by atoms with Crippen LogP contribution in [0, 0.1) is 20.6 Å². The molecule has 0 aromatic heterocycles. The number of hydroxylamine groups is 1. The zero-order valence-corrected chi connectivity index (χ0v) is 18.5. The number of benzene rings is 2. The molecule has 0 radical (unpaired) electrons. The fraction of sp³-hybridized carbons (Fsp3) is 0.278. The Morgan fingerprint density at radius 3 is 2.50 bits per heavy atom. The number of hydrogen-bond acceptors (Lipinski definition) is 4. The van der Waals surface area contributed by atoms with Gasteiger partial charge in [0.25, 0.3) is 5.91 Å². The number of halogens is 5. The van der Waals surface area contributed by atoms with E-state index in [0.717, 1.165) is 9.64 Å². The van der Waals surface area contributed by atoms with Crippen molar-refractivity contribution >= 4 is 63.1 Å². The number of nitrogens with one attached hydrogen (secondary N) is 2. The van der Waals surface area contributed by atoms with Gasteiger partial charge in [0.1, 0.15) is 0 Å². The summed E-state index contributed by atoms with van der Waals surface area (Å²) in [6, 6.07) is 5.88. The molecule has 0 aliphatic carbocycles. The molecule has 0 fully saturated rings. The lowest BCUT2D eigenvalue weighted by molar-refractivity contribution is -0.0197. The second kappa shape index (κ2) is 9.53. The minimum Gasteiger partial charge on any atom is -0.396 e. The molecule has 2 rings (SSSR count). The molecule has 3 N–H and O–H groups in total. The van der Waals surface area contributed by atoms with Gasteiger partial charge >= 0.3 is 0 Å². The van der Waals surface area contributed by atoms with Crippen LogP contribution in [0.4, 0.5) is 20.2 Å². The quantitative estimate of drug-likeness (QED) is 0.251. The predicted octanol–water partition coefficient (Wildman–Crippen LogP) is 5.30. The molecule has 0 unspecified atom stereocenters. The van der Waals surface area contributed by atoms with Crippen molar-refractivity contribution in [1.29, 1.82) is 0 Å². The highest BCUT2D eigenvalue weighted by molar-refractivity contribution is 14.1. The Labute approximate surface area is 184 Å². The van der Waals surface area contributed by atoms with Crippen molar-refractivity contribution in [2.45, 2.75) is 13.8 Å². The standard InChI is InChI=1S/C18H17Cl2F2IN2O3/c1-18(2,7-26)8-28-25-17(27)10-6-12(20)14(21)15(22)16(10)24-13-4-3-9(23)5-11(13)19/h3-6,24,26H,7-8H2,1-2H3,(H,25,27). The minimum absolute atomic E-state index is 0.00163. The number of carbonyl (C=O) groups is 1. The van der Waals surface area contributed by atoms with E-state index in [4.69, 9.17) is 28.0 Å². The number of aliphatic hydroxyl groups is 1. The fourth-order valence-corrected chi connectivity index (χ4v) is 3.11. The van der Waals surface area contributed by atoms with E-state index >= 15 is 0 Å². The Morgan fingerprint density at radius 1 is 1.21 bits per heavy atom. The van der Waals surface area contributed by atoms with Gasteiger partial charge in [-0.2, -0.15) is 0 Å². The second-order valence-corrected chi connectivity index (χ2v) is 8.76. The van der Waals surface area contributed by atoms with Gasteiger partial charge in [0, 0.05) is 8.99 Å². The zero-order valence-electron chi connectivity index (χ0n) is 14.9. The highest BCUT2D eigenvalue weighted by Gasteiger charge is 2.24. The number of carbonyl (C=O) groups excluding carboxylic acids is 1. The van der Waals surface area contributed by atoms with E-state index in [0.29, 0.717) is 0 Å². The smallest absolute Gasteiger partial charge is 0.277 e. The summed E-state index contributed by atoms with van der Waals surface area (Å²) < 4.78 is 29.4. The highest BCUT2D eigenvalue weighted by atomic mass is 127. The minimum atomic E-state index is -1.33. The predicted molar refractivity (Wildman–Crippen MR) is 113 cm³/mol. The summed E-state index contributed by atoms with van der Waals surface area (Å²) in [4.78, 5) is 17.6. The molecular weight excluding hydrogens is 528 g/mol. The normalized spacial score (nSPS) is 11.4. The molecule has 2 aromatic rings. The first kappa shape index (κ1) is 23.1. The lowest BCUT2D eigenvalue weighted by atomic mass is 9.97. The summed E-state index contributed by atoms with van der Waals surface area (Å²) in [5.41, 5.74) is 1.10. The van der Waals surface area contributed by atoms with Crippen LogP contribution in [0.1, 0.15) is 24.2 Å². The number of hydrogen-bond donors (Lipinski definition) is 3. The van der Waals surface area contributed by atoms with Gasteiger partial charge in [-0.3, -0.25) is 9.63 Å². The Kier molecular flexibility index (Phi) is 7.86. The average Bonchev–Trinajstić information content (AvgIpc) is 2.63. The van der Waals surface area contributed by atoms with E-state index in [2.05, 4.69) is 10.8 Å². The number of anilines is 2. The largest absolute Gasteiger partial charge is 0.396 e. The molecular formula is C18H17Cl2F2IN2O3. The van der Waals surface area contributed by atoms with Crippen LogP contribution in [0.5, 0.6) is 0 Å². The van der Waals surface area contributed by atoms with Crippen molar-refractivity contribution in [3.05, 3.63) is 55.1 Å². The molecule has 0 bridgehead atoms. The maximum atomic E-state index is 14.5. The lowest BCUT2D eigenvalue weighted by Gasteiger charge is -2.21. The van der Waals surface area contributed by atoms with Crippen LogP contribution in [0.15, 0.2) is 24.3 Å². The van der Waals surface area contributed by atoms with Crippen molar-refractivity contribution < 1.29 is 23.5 Å². The van der Waals surface area contributed by atoms with Gasteiger partial charge in [-0.1, -0.05) is 37.0 Å². The van der Waals surface area contributed by atoms with E-state index < -0.39 is 33.7 Å². The van der Waals surface area contributed by atoms with Gasteiger partial charge in [0.15, 0.2) is 11.6 Å². The van der Waals surface area contributed by atoms with Gasteiger partial charge < -0.3 is 10.4 Å². The first-order valence-electron chi connectivity index (χ1n) is 7.98. The van der Waals surface area contributed by atoms with E-state index in [1.807, 2.05) is 22.6 Å². The molecule has 0 heterocycles. The second-order valence-electron chi connectivity index (χ2n) is 6.70. The Bertz CT molecular complexity index is 898. The first-order chi connectivity index (χ1) is 13.1. The van der Waals surface area contributed by atoms with Crippen LogP contribution in [-0.4, -0.2) is 24.2 Å². The summed E-state index contributed by atoms with van der Waals surface area (Å²) in [6.07, 6.45) is 0. The Hall–Kier alpha value is -1.20. The molecule has 0 atom stereocenters. The van der Waals surface area contributed by atoms with Crippen molar-refractivity contribution in [3.63, 3.8) is 0 Å². The zero-order chi connectivity index (χ0) is 21.1. The summed E-state index contributed by atoms with van der Waals surface area (Å²) in [5.74, 6) is -3.48. The summed E-state index contributed by atoms with van der Waals surface area (Å²) in [7, 11) is 0. The third-order valence-electron chi connectivity index (χ3n) is 3.65. The van der Waals surface area contributed by atoms with E-state index in [1.165, 1.54) is 0 Å². The van der Waals surface area contributed by atoms with Gasteiger partial charge in [0.05, 0.1) is 40.2 Å². The summed E-state index contributed by atoms with van der Waals surface area (Å²) in [5, 5.41) is 11.5. The van der Waals surface area contributed by atoms with Crippen molar-refractivity contribution in [3.8, 4) is 0 Å². The first-order valence-corrected chi connectivity index (χ1v) is 9.82. The van der Waals surface area contributed by atoms with Crippen LogP contribution in [-0.2, 0) is 4.84 Å². The van der Waals surface area contributed by atoms with Crippen molar-refractivity contribution in [2.24, 2.45) is 5.41 Å². The number of aliphatic hydroxyl groups excluding tert-OH is 1. The molecule has 0 saturated carbocycles. The molecule has 5 nitrogen and oxygen atoms in total.